The van der Waals surface area contributed by atoms with Gasteiger partial charge in [-0.05, 0) is 55.2 Å². The van der Waals surface area contributed by atoms with E-state index < -0.39 is 5.97 Å². The third-order valence-electron chi connectivity index (χ3n) is 2.86. The van der Waals surface area contributed by atoms with E-state index in [2.05, 4.69) is 0 Å². The molecule has 0 aliphatic heterocycles. The summed E-state index contributed by atoms with van der Waals surface area (Å²) < 4.78 is 10.2. The van der Waals surface area contributed by atoms with Gasteiger partial charge in [0.1, 0.15) is 17.4 Å². The number of aryl methyl sites for hydroxylation is 2. The van der Waals surface area contributed by atoms with Crippen molar-refractivity contribution in [2.24, 2.45) is 0 Å². The lowest BCUT2D eigenvalue weighted by Gasteiger charge is -2.09. The number of ether oxygens (including phenoxy) is 2. The molecule has 0 N–H and O–H groups in total. The molecule has 0 saturated carbocycles. The van der Waals surface area contributed by atoms with Gasteiger partial charge in [-0.25, -0.2) is 4.79 Å². The second-order valence-corrected chi connectivity index (χ2v) is 4.48. The largest absolute Gasteiger partial charge is 0.496 e. The molecule has 0 spiro atoms. The molecule has 4 nitrogen and oxygen atoms in total. The first-order valence-corrected chi connectivity index (χ1v) is 6.47. The van der Waals surface area contributed by atoms with Crippen molar-refractivity contribution >= 4 is 12.0 Å². The predicted octanol–water partition coefficient (Wildman–Crippen LogP) is 3.17. The van der Waals surface area contributed by atoms with Gasteiger partial charge in [0.2, 0.25) is 0 Å². The fraction of sp³-hybridized carbons (Fsp3) is 0.375. The van der Waals surface area contributed by atoms with Gasteiger partial charge in [-0.3, -0.25) is 0 Å². The van der Waals surface area contributed by atoms with Crippen LogP contribution in [0, 0.1) is 25.2 Å². The maximum atomic E-state index is 11.7. The van der Waals surface area contributed by atoms with Crippen molar-refractivity contribution in [3.63, 3.8) is 0 Å². The number of rotatable bonds is 5. The Kier molecular flexibility index (Phi) is 5.79. The molecule has 0 radical (unpaired) electrons. The molecule has 0 bridgehead atoms. The van der Waals surface area contributed by atoms with E-state index >= 15 is 0 Å². The molecule has 0 fully saturated rings. The fourth-order valence-corrected chi connectivity index (χ4v) is 1.75. The minimum absolute atomic E-state index is 0.00566. The average Bonchev–Trinajstić information content (AvgIpc) is 2.44. The Morgan fingerprint density at radius 1 is 1.35 bits per heavy atom. The Balaban J connectivity index is 3.11. The summed E-state index contributed by atoms with van der Waals surface area (Å²) in [5.74, 6) is 0.203. The molecule has 1 rings (SSSR count). The third-order valence-corrected chi connectivity index (χ3v) is 2.86. The van der Waals surface area contributed by atoms with Crippen molar-refractivity contribution < 1.29 is 14.3 Å². The molecule has 1 aromatic carbocycles. The van der Waals surface area contributed by atoms with E-state index in [0.717, 1.165) is 28.9 Å². The highest BCUT2D eigenvalue weighted by atomic mass is 16.5. The molecule has 0 saturated heterocycles. The van der Waals surface area contributed by atoms with Gasteiger partial charge in [0.05, 0.1) is 13.7 Å². The van der Waals surface area contributed by atoms with Crippen molar-refractivity contribution in [1.29, 1.82) is 5.26 Å². The van der Waals surface area contributed by atoms with Crippen LogP contribution in [0.25, 0.3) is 6.08 Å². The molecule has 0 unspecified atom stereocenters. The first-order valence-electron chi connectivity index (χ1n) is 6.47. The number of hydrogen-bond acceptors (Lipinski definition) is 4. The van der Waals surface area contributed by atoms with E-state index in [0.29, 0.717) is 6.61 Å². The first-order chi connectivity index (χ1) is 9.53. The lowest BCUT2D eigenvalue weighted by atomic mass is 10.0. The summed E-state index contributed by atoms with van der Waals surface area (Å²) in [5.41, 5.74) is 2.70. The van der Waals surface area contributed by atoms with Crippen molar-refractivity contribution in [2.45, 2.75) is 27.2 Å². The molecule has 0 atom stereocenters. The number of methoxy groups -OCH3 is 1. The van der Waals surface area contributed by atoms with Crippen LogP contribution in [0.15, 0.2) is 17.7 Å². The number of nitrogens with zero attached hydrogens (tertiary/aromatic N) is 1. The molecule has 0 aliphatic rings. The fourth-order valence-electron chi connectivity index (χ4n) is 1.75. The molecule has 0 amide bonds. The van der Waals surface area contributed by atoms with E-state index in [4.69, 9.17) is 14.7 Å². The van der Waals surface area contributed by atoms with Crippen LogP contribution in [0.4, 0.5) is 0 Å². The highest BCUT2D eigenvalue weighted by molar-refractivity contribution is 5.98. The van der Waals surface area contributed by atoms with Crippen LogP contribution in [0.1, 0.15) is 30.0 Å². The van der Waals surface area contributed by atoms with E-state index in [1.165, 1.54) is 0 Å². The highest BCUT2D eigenvalue weighted by Gasteiger charge is 2.12. The molecule has 0 aliphatic carbocycles. The minimum Gasteiger partial charge on any atom is -0.496 e. The van der Waals surface area contributed by atoms with Crippen LogP contribution >= 0.6 is 0 Å². The first kappa shape index (κ1) is 15.8. The van der Waals surface area contributed by atoms with Crippen LogP contribution in [0.2, 0.25) is 0 Å². The van der Waals surface area contributed by atoms with Gasteiger partial charge >= 0.3 is 5.97 Å². The van der Waals surface area contributed by atoms with E-state index in [1.807, 2.05) is 39.0 Å². The lowest BCUT2D eigenvalue weighted by molar-refractivity contribution is -0.138. The Labute approximate surface area is 119 Å². The zero-order valence-corrected chi connectivity index (χ0v) is 12.3. The molecule has 4 heteroatoms. The Morgan fingerprint density at radius 2 is 2.05 bits per heavy atom. The van der Waals surface area contributed by atoms with Crippen LogP contribution in [0.3, 0.4) is 0 Å². The van der Waals surface area contributed by atoms with Gasteiger partial charge in [-0.2, -0.15) is 5.26 Å². The van der Waals surface area contributed by atoms with Crippen LogP contribution in [-0.4, -0.2) is 19.7 Å². The smallest absolute Gasteiger partial charge is 0.348 e. The topological polar surface area (TPSA) is 59.3 Å². The second-order valence-electron chi connectivity index (χ2n) is 4.48. The van der Waals surface area contributed by atoms with Crippen LogP contribution < -0.4 is 4.74 Å². The van der Waals surface area contributed by atoms with Crippen molar-refractivity contribution in [3.05, 3.63) is 34.4 Å². The SMILES string of the molecule is CCCOC(=O)C(C#N)=Cc1cc(C)c(OC)cc1C. The van der Waals surface area contributed by atoms with E-state index in [-0.39, 0.29) is 5.57 Å². The van der Waals surface area contributed by atoms with E-state index in [9.17, 15) is 4.79 Å². The molecule has 20 heavy (non-hydrogen) atoms. The zero-order chi connectivity index (χ0) is 15.1. The molecule has 106 valence electrons. The normalized spacial score (nSPS) is 10.8. The minimum atomic E-state index is -0.581. The molecule has 0 heterocycles. The van der Waals surface area contributed by atoms with Crippen molar-refractivity contribution in [2.75, 3.05) is 13.7 Å². The zero-order valence-electron chi connectivity index (χ0n) is 12.3. The molecule has 0 aromatic heterocycles. The van der Waals surface area contributed by atoms with Crippen LogP contribution in [0.5, 0.6) is 5.75 Å². The van der Waals surface area contributed by atoms with Gasteiger partial charge in [0, 0.05) is 0 Å². The standard InChI is InChI=1S/C16H19NO3/c1-5-6-20-16(18)14(10-17)9-13-7-12(3)15(19-4)8-11(13)2/h7-9H,5-6H2,1-4H3. The van der Waals surface area contributed by atoms with E-state index in [1.54, 1.807) is 13.2 Å². The summed E-state index contributed by atoms with van der Waals surface area (Å²) in [5, 5.41) is 9.07. The summed E-state index contributed by atoms with van der Waals surface area (Å²) in [7, 11) is 1.61. The summed E-state index contributed by atoms with van der Waals surface area (Å²) >= 11 is 0. The van der Waals surface area contributed by atoms with Gasteiger partial charge < -0.3 is 9.47 Å². The summed E-state index contributed by atoms with van der Waals surface area (Å²) in [6.45, 7) is 6.04. The van der Waals surface area contributed by atoms with Crippen LogP contribution in [-0.2, 0) is 9.53 Å². The van der Waals surface area contributed by atoms with Crippen molar-refractivity contribution in [1.82, 2.24) is 0 Å². The Hall–Kier alpha value is -2.28. The number of esters is 1. The Bertz CT molecular complexity index is 568. The maximum absolute atomic E-state index is 11.7. The number of carbonyl (C=O) groups is 1. The second kappa shape index (κ2) is 7.34. The van der Waals surface area contributed by atoms with Gasteiger partial charge in [-0.15, -0.1) is 0 Å². The third kappa shape index (κ3) is 3.86. The van der Waals surface area contributed by atoms with Crippen molar-refractivity contribution in [3.8, 4) is 11.8 Å². The summed E-state index contributed by atoms with van der Waals surface area (Å²) in [4.78, 5) is 11.7. The maximum Gasteiger partial charge on any atom is 0.348 e. The molecular formula is C16H19NO3. The molecule has 1 aromatic rings. The Morgan fingerprint density at radius 3 is 2.60 bits per heavy atom. The number of carbonyl (C=O) groups excluding carboxylic acids is 1. The average molecular weight is 273 g/mol. The number of hydrogen-bond donors (Lipinski definition) is 0. The van der Waals surface area contributed by atoms with Gasteiger partial charge in [0.15, 0.2) is 0 Å². The quantitative estimate of drug-likeness (QED) is 0.469. The van der Waals surface area contributed by atoms with Gasteiger partial charge in [0.25, 0.3) is 0 Å². The monoisotopic (exact) mass is 273 g/mol. The lowest BCUT2D eigenvalue weighted by Crippen LogP contribution is -2.07. The predicted molar refractivity (Wildman–Crippen MR) is 77.3 cm³/mol. The highest BCUT2D eigenvalue weighted by Crippen LogP contribution is 2.24. The number of benzene rings is 1. The number of nitriles is 1. The summed E-state index contributed by atoms with van der Waals surface area (Å²) in [6.07, 6.45) is 2.28. The summed E-state index contributed by atoms with van der Waals surface area (Å²) in [6, 6.07) is 5.66. The van der Waals surface area contributed by atoms with Gasteiger partial charge in [-0.1, -0.05) is 6.92 Å². The molecular weight excluding hydrogens is 254 g/mol.